The van der Waals surface area contributed by atoms with Crippen molar-refractivity contribution in [3.63, 3.8) is 0 Å². The molecule has 0 nitrogen and oxygen atoms in total. The zero-order valence-corrected chi connectivity index (χ0v) is 40.5. The fourth-order valence-corrected chi connectivity index (χ4v) is 31.0. The molecule has 4 atom stereocenters. The molecule has 0 saturated carbocycles. The Morgan fingerprint density at radius 2 is 0.931 bits per heavy atom. The van der Waals surface area contributed by atoms with Gasteiger partial charge in [-0.05, 0) is 0 Å². The maximum absolute atomic E-state index is 3.19. The molecule has 9 rings (SSSR count). The first-order valence-corrected chi connectivity index (χ1v) is 29.8. The van der Waals surface area contributed by atoms with Gasteiger partial charge in [-0.15, -0.1) is 0 Å². The molecule has 0 aromatic heterocycles. The van der Waals surface area contributed by atoms with Crippen LogP contribution in [0.5, 0.6) is 0 Å². The molecule has 0 fully saturated rings. The number of fused-ring (bicyclic) bond motifs is 5. The molecular formula is C56H59HfSi. The zero-order chi connectivity index (χ0) is 39.9. The van der Waals surface area contributed by atoms with Gasteiger partial charge in [-0.1, -0.05) is 0 Å². The summed E-state index contributed by atoms with van der Waals surface area (Å²) in [6.45, 7) is 14.6. The summed E-state index contributed by atoms with van der Waals surface area (Å²) in [6.07, 6.45) is 12.3. The third-order valence-electron chi connectivity index (χ3n) is 14.0. The predicted octanol–water partition coefficient (Wildman–Crippen LogP) is 12.6. The third kappa shape index (κ3) is 6.77. The van der Waals surface area contributed by atoms with Gasteiger partial charge < -0.3 is 0 Å². The molecule has 3 aliphatic rings. The molecule has 6 aromatic rings. The maximum atomic E-state index is 2.73. The van der Waals surface area contributed by atoms with Crippen LogP contribution in [0.1, 0.15) is 108 Å². The molecule has 0 bridgehead atoms. The Balaban J connectivity index is 1.32. The van der Waals surface area contributed by atoms with Gasteiger partial charge in [0.25, 0.3) is 0 Å². The number of benzene rings is 6. The van der Waals surface area contributed by atoms with Crippen LogP contribution in [0.4, 0.5) is 0 Å². The molecule has 4 unspecified atom stereocenters. The SMILES string of the molecule is CCCc1ccccc1-c1cccc2c1C=C(C(C)CC)[CH]2[Hf]([c]1cccc2c1[SiH2]c1ccccc1-2)[CH]1C(C(C)CC)=Cc2c(-c3ccccc3CCC)cccc21. The Bertz CT molecular complexity index is 2420. The number of rotatable bonds is 13. The molecular weight excluding hydrogens is 879 g/mol. The quantitative estimate of drug-likeness (QED) is 0.101. The van der Waals surface area contributed by atoms with Gasteiger partial charge in [0, 0.05) is 0 Å². The van der Waals surface area contributed by atoms with E-state index < -0.39 is 31.0 Å². The Hall–Kier alpha value is -4.11. The van der Waals surface area contributed by atoms with Gasteiger partial charge in [0.1, 0.15) is 0 Å². The van der Waals surface area contributed by atoms with Gasteiger partial charge in [-0.3, -0.25) is 0 Å². The van der Waals surface area contributed by atoms with Crippen LogP contribution < -0.4 is 13.7 Å². The van der Waals surface area contributed by atoms with Crippen molar-refractivity contribution in [2.45, 2.75) is 87.4 Å². The molecule has 0 amide bonds. The number of allylic oxidation sites excluding steroid dienone is 2. The van der Waals surface area contributed by atoms with E-state index in [0.29, 0.717) is 19.2 Å². The first-order valence-electron chi connectivity index (χ1n) is 22.4. The Kier molecular flexibility index (Phi) is 11.4. The normalized spacial score (nSPS) is 17.6. The summed E-state index contributed by atoms with van der Waals surface area (Å²) in [5, 5.41) is 3.41. The van der Waals surface area contributed by atoms with E-state index in [1.807, 2.05) is 3.32 Å². The van der Waals surface area contributed by atoms with Crippen LogP contribution in [-0.4, -0.2) is 9.52 Å². The van der Waals surface area contributed by atoms with Gasteiger partial charge in [-0.25, -0.2) is 0 Å². The standard InChI is InChI=1S/2C22H25.C12H9Si.Hf/c2*1-4-9-17-10-6-7-12-20(17)21-13-8-11-18-14-19(15-22(18)21)16(3)5-2;1-3-7-11-9(5-1)10-6-2-4-8-12(10)13-11;/h2*6-8,10-16H,4-5,9H2,1-3H3;1-7H,13H2;. The van der Waals surface area contributed by atoms with Crippen LogP contribution >= 0.6 is 0 Å². The van der Waals surface area contributed by atoms with Crippen molar-refractivity contribution in [3.05, 3.63) is 172 Å². The fraction of sp³-hybridized carbons (Fsp3) is 0.286. The van der Waals surface area contributed by atoms with Crippen LogP contribution in [0, 0.1) is 11.8 Å². The van der Waals surface area contributed by atoms with Crippen LogP contribution in [-0.2, 0) is 34.3 Å². The monoisotopic (exact) mass is 939 g/mol. The van der Waals surface area contributed by atoms with Gasteiger partial charge in [-0.2, -0.15) is 0 Å². The van der Waals surface area contributed by atoms with Gasteiger partial charge in [0.2, 0.25) is 0 Å². The molecule has 0 spiro atoms. The minimum atomic E-state index is -3.19. The Morgan fingerprint density at radius 3 is 1.45 bits per heavy atom. The van der Waals surface area contributed by atoms with E-state index in [1.54, 1.807) is 38.2 Å². The summed E-state index contributed by atoms with van der Waals surface area (Å²) >= 11 is -3.19. The van der Waals surface area contributed by atoms with Crippen molar-refractivity contribution >= 4 is 35.4 Å². The van der Waals surface area contributed by atoms with Crippen molar-refractivity contribution in [2.24, 2.45) is 11.8 Å². The fourth-order valence-electron chi connectivity index (χ4n) is 10.8. The van der Waals surface area contributed by atoms with Crippen molar-refractivity contribution in [1.29, 1.82) is 0 Å². The first kappa shape index (κ1) is 39.4. The van der Waals surface area contributed by atoms with E-state index in [9.17, 15) is 0 Å². The van der Waals surface area contributed by atoms with E-state index in [1.165, 1.54) is 50.1 Å². The first-order chi connectivity index (χ1) is 28.5. The number of hydrogen-bond acceptors (Lipinski definition) is 0. The predicted molar refractivity (Wildman–Crippen MR) is 251 cm³/mol. The third-order valence-corrected chi connectivity index (χ3v) is 30.4. The molecule has 2 heteroatoms. The van der Waals surface area contributed by atoms with E-state index in [0.717, 1.165) is 38.5 Å². The molecule has 58 heavy (non-hydrogen) atoms. The summed E-state index contributed by atoms with van der Waals surface area (Å²) in [6, 6.07) is 50.3. The molecule has 1 heterocycles. The van der Waals surface area contributed by atoms with Crippen molar-refractivity contribution in [1.82, 2.24) is 0 Å². The van der Waals surface area contributed by atoms with E-state index in [4.69, 9.17) is 0 Å². The van der Waals surface area contributed by atoms with Gasteiger partial charge in [0.05, 0.1) is 0 Å². The second kappa shape index (κ2) is 16.9. The molecule has 0 N–H and O–H groups in total. The molecule has 0 radical (unpaired) electrons. The topological polar surface area (TPSA) is 0 Å². The van der Waals surface area contributed by atoms with Gasteiger partial charge in [0.15, 0.2) is 0 Å². The van der Waals surface area contributed by atoms with E-state index in [2.05, 4.69) is 181 Å². The molecule has 1 aliphatic heterocycles. The second-order valence-corrected chi connectivity index (χ2v) is 28.5. The molecule has 2 aliphatic carbocycles. The average molecular weight is 939 g/mol. The van der Waals surface area contributed by atoms with Crippen LogP contribution in [0.15, 0.2) is 139 Å². The molecule has 0 saturated heterocycles. The van der Waals surface area contributed by atoms with Crippen molar-refractivity contribution in [2.75, 3.05) is 0 Å². The Labute approximate surface area is 358 Å². The van der Waals surface area contributed by atoms with Crippen molar-refractivity contribution < 1.29 is 21.4 Å². The summed E-state index contributed by atoms with van der Waals surface area (Å²) in [4.78, 5) is 0. The summed E-state index contributed by atoms with van der Waals surface area (Å²) < 4.78 is 2.78. The van der Waals surface area contributed by atoms with Crippen LogP contribution in [0.25, 0.3) is 45.5 Å². The van der Waals surface area contributed by atoms with E-state index in [-0.39, 0.29) is 0 Å². The Morgan fingerprint density at radius 1 is 0.483 bits per heavy atom. The molecule has 291 valence electrons. The van der Waals surface area contributed by atoms with Gasteiger partial charge >= 0.3 is 361 Å². The summed E-state index contributed by atoms with van der Waals surface area (Å²) in [5.41, 5.74) is 21.5. The number of hydrogen-bond donors (Lipinski definition) is 0. The van der Waals surface area contributed by atoms with Crippen LogP contribution in [0.2, 0.25) is 0 Å². The second-order valence-electron chi connectivity index (χ2n) is 17.3. The zero-order valence-electron chi connectivity index (χ0n) is 35.5. The van der Waals surface area contributed by atoms with Crippen molar-refractivity contribution in [3.8, 4) is 33.4 Å². The summed E-state index contributed by atoms with van der Waals surface area (Å²) in [7, 11) is -0.627. The molecule has 6 aromatic carbocycles. The minimum absolute atomic E-state index is 0.483. The average Bonchev–Trinajstić information content (AvgIpc) is 3.97. The summed E-state index contributed by atoms with van der Waals surface area (Å²) in [5.74, 6) is 1.04. The van der Waals surface area contributed by atoms with E-state index >= 15 is 0 Å². The van der Waals surface area contributed by atoms with Crippen LogP contribution in [0.3, 0.4) is 0 Å². The number of aryl methyl sites for hydroxylation is 2.